The van der Waals surface area contributed by atoms with Crippen molar-refractivity contribution in [1.29, 1.82) is 0 Å². The molecule has 0 spiro atoms. The predicted molar refractivity (Wildman–Crippen MR) is 133 cm³/mol. The van der Waals surface area contributed by atoms with Gasteiger partial charge in [0.25, 0.3) is 0 Å². The molecule has 1 unspecified atom stereocenters. The van der Waals surface area contributed by atoms with E-state index in [1.807, 2.05) is 54.2 Å². The van der Waals surface area contributed by atoms with E-state index in [2.05, 4.69) is 34.2 Å². The second kappa shape index (κ2) is 7.97. The molecule has 2 aromatic heterocycles. The molecule has 0 aliphatic carbocycles. The van der Waals surface area contributed by atoms with Gasteiger partial charge in [-0.3, -0.25) is 4.98 Å². The van der Waals surface area contributed by atoms with Crippen molar-refractivity contribution in [2.75, 3.05) is 6.61 Å². The van der Waals surface area contributed by atoms with Crippen LogP contribution in [0, 0.1) is 0 Å². The van der Waals surface area contributed by atoms with E-state index in [1.165, 1.54) is 5.56 Å². The fraction of sp³-hybridized carbons (Fsp3) is 0.143. The molecule has 3 heterocycles. The zero-order valence-electron chi connectivity index (χ0n) is 18.6. The maximum Gasteiger partial charge on any atom is 0.157 e. The van der Waals surface area contributed by atoms with Crippen LogP contribution in [0.15, 0.2) is 85.5 Å². The molecule has 6 bridgehead atoms. The van der Waals surface area contributed by atoms with Gasteiger partial charge in [0.1, 0.15) is 5.75 Å². The first-order valence-corrected chi connectivity index (χ1v) is 11.5. The van der Waals surface area contributed by atoms with E-state index in [9.17, 15) is 5.11 Å². The van der Waals surface area contributed by atoms with E-state index in [1.54, 1.807) is 18.6 Å². The standard InChI is InChI=1S/C28H22ClN3O2/c1-32-17-30-16-27(32)28(33)20-6-8-25-23(14-20)22(9-11-31-25)19-4-2-3-18(13-19)10-12-34-26-15-21(28)5-7-24(26)29/h2-9,11,13-17,33H,10,12H2,1H3. The van der Waals surface area contributed by atoms with Crippen LogP contribution in [0.2, 0.25) is 5.02 Å². The summed E-state index contributed by atoms with van der Waals surface area (Å²) < 4.78 is 7.93. The molecular formula is C28H22ClN3O2. The third kappa shape index (κ3) is 3.28. The van der Waals surface area contributed by atoms with E-state index in [4.69, 9.17) is 16.3 Å². The molecule has 1 N–H and O–H groups in total. The van der Waals surface area contributed by atoms with Gasteiger partial charge in [0.2, 0.25) is 0 Å². The quantitative estimate of drug-likeness (QED) is 0.353. The van der Waals surface area contributed by atoms with Crippen molar-refractivity contribution in [2.24, 2.45) is 7.05 Å². The van der Waals surface area contributed by atoms with Crippen LogP contribution in [0.1, 0.15) is 22.4 Å². The number of rotatable bonds is 1. The summed E-state index contributed by atoms with van der Waals surface area (Å²) in [4.78, 5) is 8.87. The maximum absolute atomic E-state index is 12.4. The minimum Gasteiger partial charge on any atom is -0.492 e. The molecular weight excluding hydrogens is 446 g/mol. The third-order valence-corrected chi connectivity index (χ3v) is 6.89. The summed E-state index contributed by atoms with van der Waals surface area (Å²) in [5.74, 6) is 0.538. The number of aromatic nitrogens is 3. The van der Waals surface area contributed by atoms with Gasteiger partial charge >= 0.3 is 0 Å². The monoisotopic (exact) mass is 467 g/mol. The fourth-order valence-electron chi connectivity index (χ4n) is 4.80. The first kappa shape index (κ1) is 20.9. The summed E-state index contributed by atoms with van der Waals surface area (Å²) in [6, 6.07) is 21.8. The number of ether oxygens (including phenoxy) is 1. The van der Waals surface area contributed by atoms with Gasteiger partial charge in [0.05, 0.1) is 35.4 Å². The topological polar surface area (TPSA) is 60.2 Å². The first-order chi connectivity index (χ1) is 16.5. The molecule has 34 heavy (non-hydrogen) atoms. The Labute approximate surface area is 202 Å². The molecule has 0 saturated heterocycles. The van der Waals surface area contributed by atoms with Gasteiger partial charge in [-0.15, -0.1) is 0 Å². The molecule has 6 rings (SSSR count). The Morgan fingerprint density at radius 3 is 2.74 bits per heavy atom. The summed E-state index contributed by atoms with van der Waals surface area (Å²) in [7, 11) is 1.87. The van der Waals surface area contributed by atoms with Crippen LogP contribution in [-0.2, 0) is 19.1 Å². The smallest absolute Gasteiger partial charge is 0.157 e. The Balaban J connectivity index is 1.71. The normalized spacial score (nSPS) is 17.4. The van der Waals surface area contributed by atoms with E-state index >= 15 is 0 Å². The fourth-order valence-corrected chi connectivity index (χ4v) is 4.98. The molecule has 0 amide bonds. The SMILES string of the molecule is Cn1cncc1C1(O)c2ccc(Cl)c(c2)OCCc2cccc(c2)-c2ccnc3ccc1cc23. The minimum absolute atomic E-state index is 0.466. The molecule has 1 atom stereocenters. The molecule has 1 aliphatic heterocycles. The molecule has 1 aliphatic rings. The van der Waals surface area contributed by atoms with E-state index < -0.39 is 5.60 Å². The van der Waals surface area contributed by atoms with Crippen LogP contribution in [-0.4, -0.2) is 26.2 Å². The number of hydrogen-bond acceptors (Lipinski definition) is 4. The Morgan fingerprint density at radius 2 is 1.88 bits per heavy atom. The number of imidazole rings is 1. The summed E-state index contributed by atoms with van der Waals surface area (Å²) in [5, 5.41) is 13.9. The summed E-state index contributed by atoms with van der Waals surface area (Å²) >= 11 is 6.48. The van der Waals surface area contributed by atoms with Crippen molar-refractivity contribution >= 4 is 22.5 Å². The van der Waals surface area contributed by atoms with Gasteiger partial charge in [-0.2, -0.15) is 0 Å². The lowest BCUT2D eigenvalue weighted by Crippen LogP contribution is -2.31. The van der Waals surface area contributed by atoms with Gasteiger partial charge in [0, 0.05) is 25.1 Å². The van der Waals surface area contributed by atoms with Crippen LogP contribution in [0.3, 0.4) is 0 Å². The summed E-state index contributed by atoms with van der Waals surface area (Å²) in [5.41, 5.74) is 4.72. The molecule has 0 saturated carbocycles. The molecule has 0 radical (unpaired) electrons. The zero-order chi connectivity index (χ0) is 23.3. The van der Waals surface area contributed by atoms with Gasteiger partial charge in [-0.25, -0.2) is 4.98 Å². The molecule has 5 aromatic rings. The summed E-state index contributed by atoms with van der Waals surface area (Å²) in [6.45, 7) is 0.466. The third-order valence-electron chi connectivity index (χ3n) is 6.58. The number of fused-ring (bicyclic) bond motifs is 6. The average molecular weight is 468 g/mol. The number of hydrogen-bond donors (Lipinski definition) is 1. The number of pyridine rings is 1. The van der Waals surface area contributed by atoms with Crippen molar-refractivity contribution in [3.05, 3.63) is 113 Å². The van der Waals surface area contributed by atoms with Crippen molar-refractivity contribution in [1.82, 2.24) is 14.5 Å². The summed E-state index contributed by atoms with van der Waals surface area (Å²) in [6.07, 6.45) is 5.94. The average Bonchev–Trinajstić information content (AvgIpc) is 3.30. The Morgan fingerprint density at radius 1 is 1.03 bits per heavy atom. The van der Waals surface area contributed by atoms with Crippen LogP contribution < -0.4 is 4.74 Å². The number of aliphatic hydroxyl groups is 1. The maximum atomic E-state index is 12.4. The largest absolute Gasteiger partial charge is 0.492 e. The van der Waals surface area contributed by atoms with Gasteiger partial charge in [-0.05, 0) is 58.1 Å². The highest BCUT2D eigenvalue weighted by Crippen LogP contribution is 2.41. The van der Waals surface area contributed by atoms with Gasteiger partial charge < -0.3 is 14.4 Å². The lowest BCUT2D eigenvalue weighted by Gasteiger charge is -2.30. The molecule has 3 aromatic carbocycles. The van der Waals surface area contributed by atoms with Crippen LogP contribution in [0.25, 0.3) is 22.0 Å². The lowest BCUT2D eigenvalue weighted by molar-refractivity contribution is 0.117. The molecule has 0 fully saturated rings. The zero-order valence-corrected chi connectivity index (χ0v) is 19.3. The molecule has 6 heteroatoms. The first-order valence-electron chi connectivity index (χ1n) is 11.1. The Bertz CT molecular complexity index is 1540. The van der Waals surface area contributed by atoms with Crippen LogP contribution in [0.4, 0.5) is 0 Å². The minimum atomic E-state index is -1.48. The van der Waals surface area contributed by atoms with Crippen LogP contribution >= 0.6 is 11.6 Å². The van der Waals surface area contributed by atoms with Gasteiger partial charge in [-0.1, -0.05) is 48.0 Å². The van der Waals surface area contributed by atoms with E-state index in [-0.39, 0.29) is 0 Å². The van der Waals surface area contributed by atoms with Crippen LogP contribution in [0.5, 0.6) is 5.75 Å². The highest BCUT2D eigenvalue weighted by molar-refractivity contribution is 6.32. The van der Waals surface area contributed by atoms with Crippen molar-refractivity contribution in [3.8, 4) is 16.9 Å². The van der Waals surface area contributed by atoms with Crippen molar-refractivity contribution in [2.45, 2.75) is 12.0 Å². The van der Waals surface area contributed by atoms with E-state index in [0.29, 0.717) is 34.2 Å². The Hall–Kier alpha value is -3.67. The number of nitrogens with zero attached hydrogens (tertiary/aromatic N) is 3. The van der Waals surface area contributed by atoms with E-state index in [0.717, 1.165) is 28.5 Å². The van der Waals surface area contributed by atoms with Gasteiger partial charge in [0.15, 0.2) is 5.60 Å². The number of halogens is 1. The highest BCUT2D eigenvalue weighted by Gasteiger charge is 2.37. The predicted octanol–water partition coefficient (Wildman–Crippen LogP) is 5.51. The number of aryl methyl sites for hydroxylation is 1. The van der Waals surface area contributed by atoms with Crippen molar-refractivity contribution in [3.63, 3.8) is 0 Å². The second-order valence-corrected chi connectivity index (χ2v) is 9.04. The highest BCUT2D eigenvalue weighted by atomic mass is 35.5. The van der Waals surface area contributed by atoms with Crippen molar-refractivity contribution < 1.29 is 9.84 Å². The number of benzene rings is 3. The lowest BCUT2D eigenvalue weighted by atomic mass is 9.82. The molecule has 168 valence electrons. The molecule has 5 nitrogen and oxygen atoms in total. The Kier molecular flexibility index (Phi) is 4.90. The second-order valence-electron chi connectivity index (χ2n) is 8.63.